The number of primary amides is 1. The van der Waals surface area contributed by atoms with Gasteiger partial charge in [0.05, 0.1) is 6.04 Å². The van der Waals surface area contributed by atoms with Gasteiger partial charge < -0.3 is 31.3 Å². The molecule has 1 heterocycles. The van der Waals surface area contributed by atoms with Gasteiger partial charge in [0.1, 0.15) is 24.2 Å². The van der Waals surface area contributed by atoms with E-state index in [2.05, 4.69) is 16.0 Å². The Hall–Kier alpha value is -3.96. The van der Waals surface area contributed by atoms with Crippen molar-refractivity contribution in [2.24, 2.45) is 40.2 Å². The summed E-state index contributed by atoms with van der Waals surface area (Å²) in [6, 6.07) is 4.56. The van der Waals surface area contributed by atoms with Crippen LogP contribution < -0.4 is 21.7 Å². The molecule has 3 fully saturated rings. The van der Waals surface area contributed by atoms with E-state index in [0.717, 1.165) is 18.4 Å². The number of rotatable bonds is 13. The van der Waals surface area contributed by atoms with Crippen molar-refractivity contribution in [3.63, 3.8) is 0 Å². The van der Waals surface area contributed by atoms with Gasteiger partial charge in [-0.25, -0.2) is 9.59 Å². The highest BCUT2D eigenvalue weighted by Crippen LogP contribution is 2.65. The predicted octanol–water partition coefficient (Wildman–Crippen LogP) is 2.85. The summed E-state index contributed by atoms with van der Waals surface area (Å²) >= 11 is 0. The van der Waals surface area contributed by atoms with E-state index in [0.29, 0.717) is 13.0 Å². The van der Waals surface area contributed by atoms with Gasteiger partial charge in [-0.2, -0.15) is 0 Å². The molecular formula is C35H51N5O7. The fourth-order valence-corrected chi connectivity index (χ4v) is 6.83. The van der Waals surface area contributed by atoms with Gasteiger partial charge in [0, 0.05) is 6.54 Å². The number of likely N-dealkylation sites (tertiary alicyclic amines) is 1. The Labute approximate surface area is 277 Å². The average molecular weight is 654 g/mol. The van der Waals surface area contributed by atoms with Gasteiger partial charge in [-0.05, 0) is 53.4 Å². The first-order valence-electron chi connectivity index (χ1n) is 16.6. The molecule has 47 heavy (non-hydrogen) atoms. The van der Waals surface area contributed by atoms with E-state index in [-0.39, 0.29) is 29.1 Å². The molecule has 1 aromatic carbocycles. The minimum absolute atomic E-state index is 0.0528. The van der Waals surface area contributed by atoms with Crippen molar-refractivity contribution in [1.29, 1.82) is 0 Å². The first-order valence-corrected chi connectivity index (χ1v) is 16.6. The smallest absolute Gasteiger partial charge is 0.329 e. The number of esters is 1. The second kappa shape index (κ2) is 13.6. The number of ketones is 1. The number of hydrogen-bond donors (Lipinski definition) is 4. The second-order valence-electron chi connectivity index (χ2n) is 15.5. The third kappa shape index (κ3) is 8.13. The normalized spacial score (nSPS) is 23.9. The molecule has 0 spiro atoms. The highest BCUT2D eigenvalue weighted by atomic mass is 16.5. The summed E-state index contributed by atoms with van der Waals surface area (Å²) in [5.41, 5.74) is 5.13. The summed E-state index contributed by atoms with van der Waals surface area (Å²) < 4.78 is 5.68. The zero-order chi connectivity index (χ0) is 35.0. The number of benzene rings is 1. The van der Waals surface area contributed by atoms with Crippen LogP contribution in [0.3, 0.4) is 0 Å². The molecule has 1 aromatic rings. The summed E-state index contributed by atoms with van der Waals surface area (Å²) in [5, 5.41) is 8.24. The molecule has 4 rings (SSSR count). The van der Waals surface area contributed by atoms with Gasteiger partial charge in [-0.15, -0.1) is 0 Å². The van der Waals surface area contributed by atoms with Crippen molar-refractivity contribution in [1.82, 2.24) is 20.9 Å². The third-order valence-corrected chi connectivity index (χ3v) is 10.1. The SMILES string of the molecule is CC(C)[C@H](NC(=O)N[C@H](C(=O)N1C[C@H]2[C@@H]([C@H]1C(=O)NC(CC1CC1)C(=O)C(N)=O)C2(C)C)C(C)(C)C)C(=O)O[C@H](C)c1ccccc1. The molecule has 5 N–H and O–H groups in total. The van der Waals surface area contributed by atoms with Crippen LogP contribution >= 0.6 is 0 Å². The van der Waals surface area contributed by atoms with Gasteiger partial charge in [0.25, 0.3) is 5.91 Å². The second-order valence-corrected chi connectivity index (χ2v) is 15.5. The Kier molecular flexibility index (Phi) is 10.4. The number of fused-ring (bicyclic) bond motifs is 1. The van der Waals surface area contributed by atoms with Gasteiger partial charge in [0.2, 0.25) is 17.6 Å². The van der Waals surface area contributed by atoms with Crippen LogP contribution in [0.15, 0.2) is 30.3 Å². The lowest BCUT2D eigenvalue weighted by atomic mass is 9.85. The summed E-state index contributed by atoms with van der Waals surface area (Å²) in [4.78, 5) is 80.5. The number of urea groups is 1. The summed E-state index contributed by atoms with van der Waals surface area (Å²) in [5.74, 6) is -3.70. The molecule has 0 radical (unpaired) electrons. The van der Waals surface area contributed by atoms with Crippen molar-refractivity contribution in [2.45, 2.75) is 105 Å². The van der Waals surface area contributed by atoms with Crippen LogP contribution in [-0.2, 0) is 28.7 Å². The maximum absolute atomic E-state index is 14.3. The zero-order valence-electron chi connectivity index (χ0n) is 28.8. The fourth-order valence-electron chi connectivity index (χ4n) is 6.83. The summed E-state index contributed by atoms with van der Waals surface area (Å²) in [7, 11) is 0. The highest BCUT2D eigenvalue weighted by Gasteiger charge is 2.70. The number of ether oxygens (including phenoxy) is 1. The number of nitrogens with one attached hydrogen (secondary N) is 3. The Balaban J connectivity index is 1.49. The van der Waals surface area contributed by atoms with Crippen LogP contribution in [0.5, 0.6) is 0 Å². The molecule has 3 aliphatic rings. The summed E-state index contributed by atoms with van der Waals surface area (Å²) in [6.07, 6.45) is 1.61. The molecule has 258 valence electrons. The maximum Gasteiger partial charge on any atom is 0.329 e. The van der Waals surface area contributed by atoms with Gasteiger partial charge >= 0.3 is 12.0 Å². The lowest BCUT2D eigenvalue weighted by molar-refractivity contribution is -0.152. The molecule has 0 aromatic heterocycles. The number of nitrogens with zero attached hydrogens (tertiary/aromatic N) is 1. The number of nitrogens with two attached hydrogens (primary N) is 1. The summed E-state index contributed by atoms with van der Waals surface area (Å²) in [6.45, 7) is 15.1. The Morgan fingerprint density at radius 2 is 1.60 bits per heavy atom. The van der Waals surface area contributed by atoms with Gasteiger partial charge in [-0.1, -0.05) is 91.6 Å². The highest BCUT2D eigenvalue weighted by molar-refractivity contribution is 6.37. The molecule has 5 amide bonds. The monoisotopic (exact) mass is 653 g/mol. The van der Waals surface area contributed by atoms with Crippen molar-refractivity contribution in [3.8, 4) is 0 Å². The van der Waals surface area contributed by atoms with E-state index in [4.69, 9.17) is 10.5 Å². The number of Topliss-reactive ketones (excluding diaryl/α,β-unsaturated/α-hetero) is 1. The molecule has 1 aliphatic heterocycles. The van der Waals surface area contributed by atoms with Crippen molar-refractivity contribution in [3.05, 3.63) is 35.9 Å². The largest absolute Gasteiger partial charge is 0.456 e. The number of piperidine rings is 1. The van der Waals surface area contributed by atoms with E-state index < -0.39 is 71.2 Å². The first kappa shape index (κ1) is 35.9. The molecule has 7 atom stereocenters. The standard InChI is InChI=1S/C35H51N5O7/c1-18(2)25(32(45)47-19(3)21-12-10-9-11-13-21)38-33(46)39-28(34(4,5)6)31(44)40-17-22-24(35(22,7)8)26(40)30(43)37-23(16-20-14-15-20)27(41)29(36)42/h9-13,18-20,22-26,28H,14-17H2,1-8H3,(H2,36,42)(H,37,43)(H2,38,39,46)/t19-,22+,23?,24+,25+,26+,28-/m1/s1. The molecular weight excluding hydrogens is 602 g/mol. The number of carbonyl (C=O) groups is 6. The lowest BCUT2D eigenvalue weighted by Crippen LogP contribution is -2.62. The third-order valence-electron chi connectivity index (χ3n) is 10.1. The minimum atomic E-state index is -1.11. The lowest BCUT2D eigenvalue weighted by Gasteiger charge is -2.38. The Bertz CT molecular complexity index is 1380. The van der Waals surface area contributed by atoms with Crippen LogP contribution in [0.2, 0.25) is 0 Å². The molecule has 2 saturated carbocycles. The van der Waals surface area contributed by atoms with Crippen LogP contribution in [0.25, 0.3) is 0 Å². The van der Waals surface area contributed by atoms with Gasteiger partial charge in [-0.3, -0.25) is 19.2 Å². The number of carbonyl (C=O) groups excluding carboxylic acids is 6. The van der Waals surface area contributed by atoms with E-state index >= 15 is 0 Å². The quantitative estimate of drug-likeness (QED) is 0.187. The molecule has 0 bridgehead atoms. The van der Waals surface area contributed by atoms with Gasteiger partial charge in [0.15, 0.2) is 0 Å². The van der Waals surface area contributed by atoms with Crippen LogP contribution in [0.1, 0.15) is 86.3 Å². The predicted molar refractivity (Wildman–Crippen MR) is 174 cm³/mol. The van der Waals surface area contributed by atoms with E-state index in [9.17, 15) is 28.8 Å². The van der Waals surface area contributed by atoms with Crippen molar-refractivity contribution < 1.29 is 33.5 Å². The van der Waals surface area contributed by atoms with Crippen LogP contribution in [0.4, 0.5) is 4.79 Å². The number of hydrogen-bond acceptors (Lipinski definition) is 7. The number of amides is 5. The average Bonchev–Trinajstić information content (AvgIpc) is 3.84. The molecule has 2 aliphatic carbocycles. The molecule has 12 nitrogen and oxygen atoms in total. The van der Waals surface area contributed by atoms with E-state index in [1.165, 1.54) is 4.90 Å². The Morgan fingerprint density at radius 1 is 0.979 bits per heavy atom. The van der Waals surface area contributed by atoms with Crippen LogP contribution in [-0.4, -0.2) is 71.1 Å². The van der Waals surface area contributed by atoms with Crippen LogP contribution in [0, 0.1) is 34.5 Å². The van der Waals surface area contributed by atoms with E-state index in [1.54, 1.807) is 41.5 Å². The molecule has 12 heteroatoms. The minimum Gasteiger partial charge on any atom is -0.456 e. The Morgan fingerprint density at radius 3 is 2.13 bits per heavy atom. The van der Waals surface area contributed by atoms with Crippen molar-refractivity contribution >= 4 is 35.5 Å². The van der Waals surface area contributed by atoms with Crippen molar-refractivity contribution in [2.75, 3.05) is 6.54 Å². The maximum atomic E-state index is 14.3. The molecule has 1 unspecified atom stereocenters. The van der Waals surface area contributed by atoms with E-state index in [1.807, 2.05) is 44.2 Å². The topological polar surface area (TPSA) is 177 Å². The fraction of sp³-hybridized carbons (Fsp3) is 0.657. The first-order chi connectivity index (χ1) is 21.8. The zero-order valence-corrected chi connectivity index (χ0v) is 28.8. The molecule has 1 saturated heterocycles.